The van der Waals surface area contributed by atoms with Crippen LogP contribution in [0.5, 0.6) is 0 Å². The number of rotatable bonds is 4. The van der Waals surface area contributed by atoms with Crippen molar-refractivity contribution in [3.8, 4) is 12.3 Å². The molecule has 2 aliphatic rings. The van der Waals surface area contributed by atoms with Gasteiger partial charge in [-0.05, 0) is 43.4 Å². The van der Waals surface area contributed by atoms with Crippen LogP contribution in [0.4, 0.5) is 18.9 Å². The van der Waals surface area contributed by atoms with Crippen LogP contribution in [0, 0.1) is 41.6 Å². The molecular weight excluding hydrogens is 467 g/mol. The number of nitrogens with one attached hydrogen (secondary N) is 1. The summed E-state index contributed by atoms with van der Waals surface area (Å²) in [4.78, 5) is 12.3. The number of anilines is 1. The van der Waals surface area contributed by atoms with E-state index in [0.29, 0.717) is 25.0 Å². The van der Waals surface area contributed by atoms with Crippen molar-refractivity contribution in [2.45, 2.75) is 35.0 Å². The van der Waals surface area contributed by atoms with Gasteiger partial charge in [0.1, 0.15) is 5.60 Å². The molecule has 2 unspecified atom stereocenters. The highest BCUT2D eigenvalue weighted by molar-refractivity contribution is 7.92. The molecule has 10 heteroatoms. The summed E-state index contributed by atoms with van der Waals surface area (Å²) in [7, 11) is -4.07. The minimum absolute atomic E-state index is 0.115. The van der Waals surface area contributed by atoms with E-state index in [1.54, 1.807) is 0 Å². The summed E-state index contributed by atoms with van der Waals surface area (Å²) in [6.07, 6.45) is 6.66. The number of hydrogen-bond donors (Lipinski definition) is 2. The summed E-state index contributed by atoms with van der Waals surface area (Å²) in [5.41, 5.74) is -2.01. The van der Waals surface area contributed by atoms with Gasteiger partial charge in [0.05, 0.1) is 15.2 Å². The molecule has 4 atom stereocenters. The number of halogens is 4. The van der Waals surface area contributed by atoms with Gasteiger partial charge in [-0.25, -0.2) is 21.6 Å². The summed E-state index contributed by atoms with van der Waals surface area (Å²) >= 11 is 6.15. The van der Waals surface area contributed by atoms with Gasteiger partial charge in [-0.3, -0.25) is 4.79 Å². The Bertz CT molecular complexity index is 1250. The average molecular weight is 484 g/mol. The van der Waals surface area contributed by atoms with Gasteiger partial charge in [0.15, 0.2) is 27.3 Å². The fourth-order valence-electron chi connectivity index (χ4n) is 4.81. The Hall–Kier alpha value is -2.54. The predicted octanol–water partition coefficient (Wildman–Crippen LogP) is 3.95. The quantitative estimate of drug-likeness (QED) is 0.509. The first-order chi connectivity index (χ1) is 15.0. The summed E-state index contributed by atoms with van der Waals surface area (Å²) in [5.74, 6) is -4.21. The third-order valence-corrected chi connectivity index (χ3v) is 9.07. The molecule has 32 heavy (non-hydrogen) atoms. The smallest absolute Gasteiger partial charge is 0.255 e. The number of carbonyl (C=O) groups is 1. The zero-order chi connectivity index (χ0) is 23.4. The van der Waals surface area contributed by atoms with Crippen LogP contribution in [0.1, 0.15) is 29.6 Å². The van der Waals surface area contributed by atoms with Crippen molar-refractivity contribution < 1.29 is 31.5 Å². The van der Waals surface area contributed by atoms with Crippen molar-refractivity contribution in [1.29, 1.82) is 0 Å². The third-order valence-electron chi connectivity index (χ3n) is 6.25. The molecule has 5 nitrogen and oxygen atoms in total. The lowest BCUT2D eigenvalue weighted by Gasteiger charge is -2.27. The second-order valence-corrected chi connectivity index (χ2v) is 10.6. The van der Waals surface area contributed by atoms with E-state index in [1.165, 1.54) is 12.1 Å². The highest BCUT2D eigenvalue weighted by atomic mass is 35.5. The molecule has 2 N–H and O–H groups in total. The van der Waals surface area contributed by atoms with Gasteiger partial charge in [0.25, 0.3) is 5.91 Å². The Morgan fingerprint density at radius 2 is 1.84 bits per heavy atom. The lowest BCUT2D eigenvalue weighted by molar-refractivity contribution is 0.0442. The SMILES string of the molecule is C#C[C@@]1(O)CC2CCC1[C@@H]2S(=O)(=O)c1cc(C(=O)Nc2cc(F)c(F)c(F)c2)ccc1Cl. The molecule has 1 amide bonds. The van der Waals surface area contributed by atoms with Crippen molar-refractivity contribution in [3.63, 3.8) is 0 Å². The molecule has 2 aromatic carbocycles. The number of fused-ring (bicyclic) bond motifs is 2. The van der Waals surface area contributed by atoms with E-state index < -0.39 is 50.0 Å². The Kier molecular flexibility index (Phi) is 5.52. The van der Waals surface area contributed by atoms with Gasteiger partial charge in [0.2, 0.25) is 0 Å². The van der Waals surface area contributed by atoms with E-state index in [4.69, 9.17) is 18.0 Å². The Morgan fingerprint density at radius 3 is 2.44 bits per heavy atom. The van der Waals surface area contributed by atoms with Crippen molar-refractivity contribution in [1.82, 2.24) is 0 Å². The lowest BCUT2D eigenvalue weighted by atomic mass is 9.85. The lowest BCUT2D eigenvalue weighted by Crippen LogP contribution is -2.37. The van der Waals surface area contributed by atoms with E-state index in [0.717, 1.165) is 6.07 Å². The van der Waals surface area contributed by atoms with E-state index in [1.807, 2.05) is 0 Å². The van der Waals surface area contributed by atoms with Crippen LogP contribution in [0.25, 0.3) is 0 Å². The highest BCUT2D eigenvalue weighted by Crippen LogP contribution is 2.55. The van der Waals surface area contributed by atoms with Gasteiger partial charge >= 0.3 is 0 Å². The molecule has 2 aromatic rings. The van der Waals surface area contributed by atoms with E-state index >= 15 is 0 Å². The van der Waals surface area contributed by atoms with Crippen LogP contribution in [-0.4, -0.2) is 30.3 Å². The molecule has 0 saturated heterocycles. The number of benzene rings is 2. The fraction of sp³-hybridized carbons (Fsp3) is 0.318. The Labute approximate surface area is 187 Å². The molecule has 2 fully saturated rings. The van der Waals surface area contributed by atoms with Crippen molar-refractivity contribution >= 4 is 33.0 Å². The molecule has 168 valence electrons. The third kappa shape index (κ3) is 3.56. The molecule has 0 aromatic heterocycles. The maximum absolute atomic E-state index is 13.4. The second-order valence-electron chi connectivity index (χ2n) is 8.08. The molecule has 4 rings (SSSR count). The first-order valence-corrected chi connectivity index (χ1v) is 11.6. The topological polar surface area (TPSA) is 83.5 Å². The van der Waals surface area contributed by atoms with Crippen molar-refractivity contribution in [2.75, 3.05) is 5.32 Å². The molecule has 0 heterocycles. The van der Waals surface area contributed by atoms with Gasteiger partial charge in [-0.1, -0.05) is 17.5 Å². The molecule has 2 bridgehead atoms. The number of aliphatic hydroxyl groups is 1. The summed E-state index contributed by atoms with van der Waals surface area (Å²) in [5, 5.41) is 11.8. The van der Waals surface area contributed by atoms with Gasteiger partial charge in [-0.15, -0.1) is 6.42 Å². The Balaban J connectivity index is 1.66. The zero-order valence-corrected chi connectivity index (χ0v) is 18.0. The standard InChI is InChI=1S/C22H17ClF3NO4S/c1-2-22(29)10-12-3-5-14(22)20(12)32(30,31)18-7-11(4-6-15(18)23)21(28)27-13-8-16(24)19(26)17(25)9-13/h1,4,6-9,12,14,20,29H,3,5,10H2,(H,27,28)/t12?,14?,20-,22-/m1/s1. The van der Waals surface area contributed by atoms with Crippen LogP contribution in [-0.2, 0) is 9.84 Å². The van der Waals surface area contributed by atoms with Crippen LogP contribution in [0.3, 0.4) is 0 Å². The molecule has 0 aliphatic heterocycles. The first-order valence-electron chi connectivity index (χ1n) is 9.67. The largest absolute Gasteiger partial charge is 0.377 e. The second kappa shape index (κ2) is 7.80. The van der Waals surface area contributed by atoms with Crippen LogP contribution >= 0.6 is 11.6 Å². The Morgan fingerprint density at radius 1 is 1.19 bits per heavy atom. The van der Waals surface area contributed by atoms with Gasteiger partial charge in [0, 0.05) is 29.3 Å². The zero-order valence-electron chi connectivity index (χ0n) is 16.4. The number of carbonyl (C=O) groups excluding carboxylic acids is 1. The van der Waals surface area contributed by atoms with Gasteiger partial charge in [-0.2, -0.15) is 0 Å². The van der Waals surface area contributed by atoms with Crippen LogP contribution in [0.15, 0.2) is 35.2 Å². The highest BCUT2D eigenvalue weighted by Gasteiger charge is 2.60. The summed E-state index contributed by atoms with van der Waals surface area (Å²) in [6.45, 7) is 0. The minimum atomic E-state index is -4.07. The number of terminal acetylenes is 1. The van der Waals surface area contributed by atoms with Crippen LogP contribution < -0.4 is 5.32 Å². The van der Waals surface area contributed by atoms with Crippen molar-refractivity contribution in [3.05, 3.63) is 58.4 Å². The monoisotopic (exact) mass is 483 g/mol. The van der Waals surface area contributed by atoms with E-state index in [9.17, 15) is 31.5 Å². The van der Waals surface area contributed by atoms with Crippen molar-refractivity contribution in [2.24, 2.45) is 11.8 Å². The summed E-state index contributed by atoms with van der Waals surface area (Å²) < 4.78 is 66.8. The molecule has 0 spiro atoms. The maximum Gasteiger partial charge on any atom is 0.255 e. The number of sulfone groups is 1. The van der Waals surface area contributed by atoms with Crippen LogP contribution in [0.2, 0.25) is 5.02 Å². The number of amides is 1. The summed E-state index contributed by atoms with van der Waals surface area (Å²) in [6, 6.07) is 4.73. The minimum Gasteiger partial charge on any atom is -0.377 e. The molecule has 0 radical (unpaired) electrons. The fourth-order valence-corrected chi connectivity index (χ4v) is 7.70. The molecular formula is C22H17ClF3NO4S. The predicted molar refractivity (Wildman–Crippen MR) is 111 cm³/mol. The normalized spacial score (nSPS) is 26.7. The average Bonchev–Trinajstić information content (AvgIpc) is 3.28. The van der Waals surface area contributed by atoms with E-state index in [-0.39, 0.29) is 33.5 Å². The van der Waals surface area contributed by atoms with E-state index in [2.05, 4.69) is 11.2 Å². The van der Waals surface area contributed by atoms with Gasteiger partial charge < -0.3 is 10.4 Å². The number of hydrogen-bond acceptors (Lipinski definition) is 4. The molecule has 2 aliphatic carbocycles. The first kappa shape index (κ1) is 22.6. The molecule has 2 saturated carbocycles. The maximum atomic E-state index is 13.4.